The van der Waals surface area contributed by atoms with E-state index in [-0.39, 0.29) is 0 Å². The van der Waals surface area contributed by atoms with Crippen molar-refractivity contribution >= 4 is 17.6 Å². The maximum atomic E-state index is 5.08. The highest BCUT2D eigenvalue weighted by Gasteiger charge is 2.05. The van der Waals surface area contributed by atoms with Gasteiger partial charge in [-0.15, -0.1) is 0 Å². The van der Waals surface area contributed by atoms with E-state index in [9.17, 15) is 0 Å². The summed E-state index contributed by atoms with van der Waals surface area (Å²) in [5.74, 6) is 3.18. The van der Waals surface area contributed by atoms with Crippen molar-refractivity contribution in [1.29, 1.82) is 0 Å². The van der Waals surface area contributed by atoms with Crippen molar-refractivity contribution in [3.63, 3.8) is 0 Å². The van der Waals surface area contributed by atoms with E-state index in [2.05, 4.69) is 28.5 Å². The summed E-state index contributed by atoms with van der Waals surface area (Å²) in [6.45, 7) is 3.98. The molecule has 1 rings (SSSR count). The van der Waals surface area contributed by atoms with Crippen molar-refractivity contribution in [2.24, 2.45) is 0 Å². The van der Waals surface area contributed by atoms with Gasteiger partial charge in [0.15, 0.2) is 0 Å². The number of hydrogen-bond acceptors (Lipinski definition) is 5. The molecule has 1 heterocycles. The van der Waals surface area contributed by atoms with Crippen LogP contribution in [0.5, 0.6) is 5.88 Å². The van der Waals surface area contributed by atoms with Crippen LogP contribution in [0, 0.1) is 6.92 Å². The van der Waals surface area contributed by atoms with E-state index in [0.29, 0.717) is 17.7 Å². The van der Waals surface area contributed by atoms with Crippen LogP contribution in [0.25, 0.3) is 0 Å². The zero-order valence-electron chi connectivity index (χ0n) is 9.57. The predicted molar refractivity (Wildman–Crippen MR) is 64.8 cm³/mol. The van der Waals surface area contributed by atoms with E-state index in [1.807, 2.05) is 13.0 Å². The molecule has 0 fully saturated rings. The highest BCUT2D eigenvalue weighted by molar-refractivity contribution is 7.98. The van der Waals surface area contributed by atoms with Crippen LogP contribution >= 0.6 is 11.8 Å². The summed E-state index contributed by atoms with van der Waals surface area (Å²) in [6.07, 6.45) is 2.09. The number of hydrogen-bond donors (Lipinski definition) is 1. The molecule has 0 bridgehead atoms. The molecular weight excluding hydrogens is 210 g/mol. The van der Waals surface area contributed by atoms with E-state index in [1.54, 1.807) is 18.9 Å². The summed E-state index contributed by atoms with van der Waals surface area (Å²) in [4.78, 5) is 8.42. The predicted octanol–water partition coefficient (Wildman–Crippen LogP) is 1.96. The van der Waals surface area contributed by atoms with Crippen LogP contribution in [0.2, 0.25) is 0 Å². The molecule has 1 atom stereocenters. The van der Waals surface area contributed by atoms with Gasteiger partial charge >= 0.3 is 0 Å². The molecule has 0 aliphatic carbocycles. The number of nitrogens with zero attached hydrogens (tertiary/aromatic N) is 2. The van der Waals surface area contributed by atoms with Gasteiger partial charge in [-0.1, -0.05) is 0 Å². The van der Waals surface area contributed by atoms with Crippen LogP contribution < -0.4 is 10.1 Å². The number of nitrogens with one attached hydrogen (secondary N) is 1. The summed E-state index contributed by atoms with van der Waals surface area (Å²) in [6, 6.07) is 2.20. The van der Waals surface area contributed by atoms with Gasteiger partial charge < -0.3 is 10.1 Å². The first-order valence-electron chi connectivity index (χ1n) is 4.81. The van der Waals surface area contributed by atoms with Gasteiger partial charge in [0.1, 0.15) is 11.6 Å². The first-order chi connectivity index (χ1) is 7.15. The molecule has 0 aliphatic heterocycles. The second-order valence-electron chi connectivity index (χ2n) is 3.34. The van der Waals surface area contributed by atoms with Crippen molar-refractivity contribution in [3.05, 3.63) is 11.9 Å². The van der Waals surface area contributed by atoms with E-state index in [4.69, 9.17) is 4.74 Å². The maximum Gasteiger partial charge on any atom is 0.218 e. The number of rotatable bonds is 5. The Morgan fingerprint density at radius 2 is 2.27 bits per heavy atom. The molecule has 0 aromatic carbocycles. The standard InChI is InChI=1S/C10H17N3OS/c1-7(6-15-4)11-9-5-10(14-3)13-8(2)12-9/h5,7H,6H2,1-4H3,(H,11,12,13). The fourth-order valence-electron chi connectivity index (χ4n) is 1.26. The average Bonchev–Trinajstić information content (AvgIpc) is 2.17. The Balaban J connectivity index is 2.71. The third-order valence-corrected chi connectivity index (χ3v) is 2.67. The molecule has 0 saturated heterocycles. The van der Waals surface area contributed by atoms with Crippen LogP contribution in [0.15, 0.2) is 6.07 Å². The number of thioether (sulfide) groups is 1. The average molecular weight is 227 g/mol. The Kier molecular flexibility index (Phi) is 4.68. The minimum absolute atomic E-state index is 0.388. The van der Waals surface area contributed by atoms with Gasteiger partial charge in [0.2, 0.25) is 5.88 Å². The number of anilines is 1. The van der Waals surface area contributed by atoms with Crippen LogP contribution in [0.3, 0.4) is 0 Å². The molecule has 0 spiro atoms. The second-order valence-corrected chi connectivity index (χ2v) is 4.25. The first-order valence-corrected chi connectivity index (χ1v) is 6.20. The number of ether oxygens (including phenoxy) is 1. The Morgan fingerprint density at radius 3 is 2.87 bits per heavy atom. The van der Waals surface area contributed by atoms with E-state index >= 15 is 0 Å². The fourth-order valence-corrected chi connectivity index (χ4v) is 1.85. The molecule has 15 heavy (non-hydrogen) atoms. The van der Waals surface area contributed by atoms with Gasteiger partial charge in [-0.05, 0) is 20.1 Å². The van der Waals surface area contributed by atoms with Crippen LogP contribution in [-0.4, -0.2) is 35.1 Å². The van der Waals surface area contributed by atoms with Gasteiger partial charge in [-0.2, -0.15) is 16.7 Å². The smallest absolute Gasteiger partial charge is 0.218 e. The molecule has 1 aromatic heterocycles. The van der Waals surface area contributed by atoms with Crippen LogP contribution in [0.4, 0.5) is 5.82 Å². The molecule has 4 nitrogen and oxygen atoms in total. The zero-order valence-corrected chi connectivity index (χ0v) is 10.4. The van der Waals surface area contributed by atoms with E-state index in [1.165, 1.54) is 0 Å². The van der Waals surface area contributed by atoms with Crippen LogP contribution in [0.1, 0.15) is 12.7 Å². The van der Waals surface area contributed by atoms with Crippen molar-refractivity contribution in [3.8, 4) is 5.88 Å². The van der Waals surface area contributed by atoms with Gasteiger partial charge in [-0.3, -0.25) is 0 Å². The van der Waals surface area contributed by atoms with E-state index in [0.717, 1.165) is 11.6 Å². The third-order valence-electron chi connectivity index (χ3n) is 1.83. The summed E-state index contributed by atoms with van der Waals surface area (Å²) in [5, 5.41) is 3.31. The molecule has 5 heteroatoms. The molecule has 1 unspecified atom stereocenters. The van der Waals surface area contributed by atoms with Crippen molar-refractivity contribution in [1.82, 2.24) is 9.97 Å². The highest BCUT2D eigenvalue weighted by atomic mass is 32.2. The fraction of sp³-hybridized carbons (Fsp3) is 0.600. The lowest BCUT2D eigenvalue weighted by molar-refractivity contribution is 0.396. The number of aryl methyl sites for hydroxylation is 1. The zero-order chi connectivity index (χ0) is 11.3. The molecule has 0 saturated carbocycles. The molecule has 0 amide bonds. The Bertz CT molecular complexity index is 320. The molecule has 84 valence electrons. The van der Waals surface area contributed by atoms with Gasteiger partial charge in [0, 0.05) is 17.9 Å². The maximum absolute atomic E-state index is 5.08. The minimum Gasteiger partial charge on any atom is -0.481 e. The Hall–Kier alpha value is -0.970. The molecule has 0 aliphatic rings. The minimum atomic E-state index is 0.388. The molecule has 1 N–H and O–H groups in total. The summed E-state index contributed by atoms with van der Waals surface area (Å²) >= 11 is 1.81. The quantitative estimate of drug-likeness (QED) is 0.833. The van der Waals surface area contributed by atoms with Crippen LogP contribution in [-0.2, 0) is 0 Å². The molecule has 0 radical (unpaired) electrons. The van der Waals surface area contributed by atoms with Gasteiger partial charge in [-0.25, -0.2) is 4.98 Å². The first kappa shape index (κ1) is 12.1. The van der Waals surface area contributed by atoms with E-state index < -0.39 is 0 Å². The highest BCUT2D eigenvalue weighted by Crippen LogP contribution is 2.14. The lowest BCUT2D eigenvalue weighted by atomic mass is 10.4. The normalized spacial score (nSPS) is 12.3. The summed E-state index contributed by atoms with van der Waals surface area (Å²) < 4.78 is 5.08. The van der Waals surface area contributed by atoms with Gasteiger partial charge in [0.05, 0.1) is 7.11 Å². The second kappa shape index (κ2) is 5.80. The summed E-state index contributed by atoms with van der Waals surface area (Å²) in [5.41, 5.74) is 0. The lowest BCUT2D eigenvalue weighted by Crippen LogP contribution is -2.18. The topological polar surface area (TPSA) is 47.0 Å². The Labute approximate surface area is 94.8 Å². The summed E-state index contributed by atoms with van der Waals surface area (Å²) in [7, 11) is 1.61. The number of methoxy groups -OCH3 is 1. The Morgan fingerprint density at radius 1 is 1.53 bits per heavy atom. The van der Waals surface area contributed by atoms with Crippen molar-refractivity contribution in [2.75, 3.05) is 24.4 Å². The lowest BCUT2D eigenvalue weighted by Gasteiger charge is -2.13. The van der Waals surface area contributed by atoms with Gasteiger partial charge in [0.25, 0.3) is 0 Å². The SMILES string of the molecule is COc1cc(NC(C)CSC)nc(C)n1. The molecular formula is C10H17N3OS. The molecule has 1 aromatic rings. The van der Waals surface area contributed by atoms with Crippen molar-refractivity contribution in [2.45, 2.75) is 19.9 Å². The monoisotopic (exact) mass is 227 g/mol. The van der Waals surface area contributed by atoms with Crippen molar-refractivity contribution < 1.29 is 4.74 Å². The third kappa shape index (κ3) is 3.95. The largest absolute Gasteiger partial charge is 0.481 e. The number of aromatic nitrogens is 2.